The fourth-order valence-electron chi connectivity index (χ4n) is 2.12. The molecule has 1 aliphatic heterocycles. The molecule has 92 valence electrons. The van der Waals surface area contributed by atoms with E-state index in [0.29, 0.717) is 11.6 Å². The van der Waals surface area contributed by atoms with Gasteiger partial charge in [0.25, 0.3) is 5.91 Å². The van der Waals surface area contributed by atoms with Crippen LogP contribution in [-0.4, -0.2) is 47.0 Å². The van der Waals surface area contributed by atoms with E-state index in [9.17, 15) is 4.79 Å². The van der Waals surface area contributed by atoms with Gasteiger partial charge in [0, 0.05) is 32.0 Å². The predicted molar refractivity (Wildman–Crippen MR) is 64.6 cm³/mol. The molecule has 1 aromatic heterocycles. The number of nitrogens with one attached hydrogen (secondary N) is 1. The van der Waals surface area contributed by atoms with E-state index < -0.39 is 0 Å². The highest BCUT2D eigenvalue weighted by molar-refractivity contribution is 5.93. The maximum absolute atomic E-state index is 12.0. The van der Waals surface area contributed by atoms with Crippen molar-refractivity contribution in [3.05, 3.63) is 24.3 Å². The van der Waals surface area contributed by atoms with Crippen LogP contribution >= 0.6 is 0 Å². The molecular formula is C12H18N4O. The largest absolute Gasteiger partial charge is 0.340 e. The predicted octanol–water partition coefficient (Wildman–Crippen LogP) is 0.691. The Kier molecular flexibility index (Phi) is 4.03. The van der Waals surface area contributed by atoms with Gasteiger partial charge >= 0.3 is 0 Å². The Balaban J connectivity index is 1.91. The van der Waals surface area contributed by atoms with Gasteiger partial charge in [-0.25, -0.2) is 9.97 Å². The lowest BCUT2D eigenvalue weighted by Crippen LogP contribution is -2.44. The molecule has 1 amide bonds. The Morgan fingerprint density at radius 3 is 2.88 bits per heavy atom. The first-order valence-electron chi connectivity index (χ1n) is 6.01. The fourth-order valence-corrected chi connectivity index (χ4v) is 2.12. The second kappa shape index (κ2) is 5.72. The molecule has 5 nitrogen and oxygen atoms in total. The van der Waals surface area contributed by atoms with E-state index in [-0.39, 0.29) is 5.91 Å². The van der Waals surface area contributed by atoms with Crippen LogP contribution in [-0.2, 0) is 0 Å². The van der Waals surface area contributed by atoms with E-state index >= 15 is 0 Å². The van der Waals surface area contributed by atoms with Crippen LogP contribution in [0.3, 0.4) is 0 Å². The molecule has 1 aliphatic rings. The van der Waals surface area contributed by atoms with E-state index in [1.54, 1.807) is 17.3 Å². The van der Waals surface area contributed by atoms with Crippen molar-refractivity contribution in [2.24, 2.45) is 0 Å². The van der Waals surface area contributed by atoms with Gasteiger partial charge in [-0.3, -0.25) is 4.79 Å². The van der Waals surface area contributed by atoms with Crippen molar-refractivity contribution < 1.29 is 4.79 Å². The summed E-state index contributed by atoms with van der Waals surface area (Å²) in [5.41, 5.74) is 0.547. The topological polar surface area (TPSA) is 58.1 Å². The van der Waals surface area contributed by atoms with Crippen LogP contribution in [0.5, 0.6) is 0 Å². The zero-order valence-corrected chi connectivity index (χ0v) is 10.1. The molecule has 0 aliphatic carbocycles. The molecule has 1 fully saturated rings. The Hall–Kier alpha value is -1.49. The number of carbonyl (C=O) groups excluding carboxylic acids is 1. The van der Waals surface area contributed by atoms with Crippen LogP contribution in [0, 0.1) is 0 Å². The van der Waals surface area contributed by atoms with Crippen LogP contribution < -0.4 is 5.32 Å². The van der Waals surface area contributed by atoms with E-state index in [1.807, 2.05) is 7.05 Å². The average molecular weight is 234 g/mol. The SMILES string of the molecule is CN(CC1CCCCN1)C(=O)c1cncnc1. The molecule has 0 radical (unpaired) electrons. The Morgan fingerprint density at radius 2 is 2.24 bits per heavy atom. The van der Waals surface area contributed by atoms with E-state index in [4.69, 9.17) is 0 Å². The van der Waals surface area contributed by atoms with Gasteiger partial charge in [-0.05, 0) is 19.4 Å². The van der Waals surface area contributed by atoms with Gasteiger partial charge in [-0.1, -0.05) is 6.42 Å². The van der Waals surface area contributed by atoms with Crippen LogP contribution in [0.25, 0.3) is 0 Å². The number of aromatic nitrogens is 2. The highest BCUT2D eigenvalue weighted by Crippen LogP contribution is 2.09. The number of nitrogens with zero attached hydrogens (tertiary/aromatic N) is 3. The number of hydrogen-bond acceptors (Lipinski definition) is 4. The number of rotatable bonds is 3. The first-order valence-corrected chi connectivity index (χ1v) is 6.01. The highest BCUT2D eigenvalue weighted by Gasteiger charge is 2.18. The van der Waals surface area contributed by atoms with Crippen molar-refractivity contribution in [3.8, 4) is 0 Å². The molecule has 2 rings (SSSR count). The molecular weight excluding hydrogens is 216 g/mol. The van der Waals surface area contributed by atoms with Crippen molar-refractivity contribution in [2.45, 2.75) is 25.3 Å². The first kappa shape index (κ1) is 12.0. The van der Waals surface area contributed by atoms with Crippen LogP contribution in [0.4, 0.5) is 0 Å². The smallest absolute Gasteiger partial charge is 0.256 e. The third kappa shape index (κ3) is 3.23. The van der Waals surface area contributed by atoms with E-state index in [1.165, 1.54) is 19.2 Å². The third-order valence-corrected chi connectivity index (χ3v) is 3.06. The standard InChI is InChI=1S/C12H18N4O/c1-16(8-11-4-2-3-5-15-11)12(17)10-6-13-9-14-7-10/h6-7,9,11,15H,2-5,8H2,1H3. The maximum Gasteiger partial charge on any atom is 0.256 e. The van der Waals surface area contributed by atoms with Gasteiger partial charge < -0.3 is 10.2 Å². The first-order chi connectivity index (χ1) is 8.27. The minimum atomic E-state index is -0.0158. The molecule has 1 atom stereocenters. The summed E-state index contributed by atoms with van der Waals surface area (Å²) in [6.45, 7) is 1.80. The molecule has 0 aromatic carbocycles. The van der Waals surface area contributed by atoms with Crippen molar-refractivity contribution >= 4 is 5.91 Å². The summed E-state index contributed by atoms with van der Waals surface area (Å²) in [4.78, 5) is 21.5. The van der Waals surface area contributed by atoms with Crippen molar-refractivity contribution in [1.82, 2.24) is 20.2 Å². The van der Waals surface area contributed by atoms with Gasteiger partial charge in [0.2, 0.25) is 0 Å². The third-order valence-electron chi connectivity index (χ3n) is 3.06. The lowest BCUT2D eigenvalue weighted by Gasteiger charge is -2.28. The van der Waals surface area contributed by atoms with Gasteiger partial charge in [-0.2, -0.15) is 0 Å². The van der Waals surface area contributed by atoms with Gasteiger partial charge in [0.15, 0.2) is 0 Å². The number of hydrogen-bond donors (Lipinski definition) is 1. The lowest BCUT2D eigenvalue weighted by atomic mass is 10.0. The molecule has 1 aromatic rings. The number of amides is 1. The fraction of sp³-hybridized carbons (Fsp3) is 0.583. The highest BCUT2D eigenvalue weighted by atomic mass is 16.2. The molecule has 17 heavy (non-hydrogen) atoms. The van der Waals surface area contributed by atoms with Gasteiger partial charge in [0.05, 0.1) is 5.56 Å². The molecule has 2 heterocycles. The molecule has 1 unspecified atom stereocenters. The second-order valence-corrected chi connectivity index (χ2v) is 4.46. The van der Waals surface area contributed by atoms with Crippen LogP contribution in [0.15, 0.2) is 18.7 Å². The zero-order valence-electron chi connectivity index (χ0n) is 10.1. The van der Waals surface area contributed by atoms with Crippen LogP contribution in [0.2, 0.25) is 0 Å². The Labute approximate surface area is 101 Å². The van der Waals surface area contributed by atoms with E-state index in [0.717, 1.165) is 19.5 Å². The molecule has 0 spiro atoms. The molecule has 0 saturated carbocycles. The summed E-state index contributed by atoms with van der Waals surface area (Å²) in [6, 6.07) is 0.419. The molecule has 1 N–H and O–H groups in total. The minimum absolute atomic E-state index is 0.0158. The molecule has 1 saturated heterocycles. The normalized spacial score (nSPS) is 19.9. The minimum Gasteiger partial charge on any atom is -0.340 e. The monoisotopic (exact) mass is 234 g/mol. The van der Waals surface area contributed by atoms with Gasteiger partial charge in [0.1, 0.15) is 6.33 Å². The quantitative estimate of drug-likeness (QED) is 0.836. The summed E-state index contributed by atoms with van der Waals surface area (Å²) in [5.74, 6) is -0.0158. The maximum atomic E-state index is 12.0. The molecule has 0 bridgehead atoms. The number of piperidine rings is 1. The molecule has 5 heteroatoms. The average Bonchev–Trinajstić information content (AvgIpc) is 2.40. The van der Waals surface area contributed by atoms with Crippen molar-refractivity contribution in [3.63, 3.8) is 0 Å². The summed E-state index contributed by atoms with van der Waals surface area (Å²) in [7, 11) is 1.83. The zero-order chi connectivity index (χ0) is 12.1. The van der Waals surface area contributed by atoms with Crippen molar-refractivity contribution in [1.29, 1.82) is 0 Å². The summed E-state index contributed by atoms with van der Waals surface area (Å²) in [6.07, 6.45) is 8.16. The van der Waals surface area contributed by atoms with Gasteiger partial charge in [-0.15, -0.1) is 0 Å². The summed E-state index contributed by atoms with van der Waals surface area (Å²) < 4.78 is 0. The Bertz CT molecular complexity index is 362. The van der Waals surface area contributed by atoms with E-state index in [2.05, 4.69) is 15.3 Å². The Morgan fingerprint density at radius 1 is 1.47 bits per heavy atom. The van der Waals surface area contributed by atoms with Crippen LogP contribution in [0.1, 0.15) is 29.6 Å². The lowest BCUT2D eigenvalue weighted by molar-refractivity contribution is 0.0774. The number of carbonyl (C=O) groups is 1. The van der Waals surface area contributed by atoms with Crippen molar-refractivity contribution in [2.75, 3.05) is 20.1 Å². The summed E-state index contributed by atoms with van der Waals surface area (Å²) in [5, 5.41) is 3.43. The number of likely N-dealkylation sites (N-methyl/N-ethyl adjacent to an activating group) is 1. The summed E-state index contributed by atoms with van der Waals surface area (Å²) >= 11 is 0. The second-order valence-electron chi connectivity index (χ2n) is 4.46.